The van der Waals surface area contributed by atoms with Gasteiger partial charge in [-0.1, -0.05) is 17.8 Å². The number of piperazine rings is 1. The highest BCUT2D eigenvalue weighted by Crippen LogP contribution is 2.30. The molecule has 154 valence electrons. The SMILES string of the molecule is Cc1ccc(Sc2ncccc2C(=O)N2CCN(C(=O)c3ccco3)CC2)cc1C. The van der Waals surface area contributed by atoms with Gasteiger partial charge in [-0.2, -0.15) is 0 Å². The van der Waals surface area contributed by atoms with Gasteiger partial charge < -0.3 is 14.2 Å². The third-order valence-corrected chi connectivity index (χ3v) is 6.29. The summed E-state index contributed by atoms with van der Waals surface area (Å²) in [6.45, 7) is 6.07. The third-order valence-electron chi connectivity index (χ3n) is 5.28. The van der Waals surface area contributed by atoms with Crippen molar-refractivity contribution in [2.75, 3.05) is 26.2 Å². The minimum absolute atomic E-state index is 0.0560. The quantitative estimate of drug-likeness (QED) is 0.636. The summed E-state index contributed by atoms with van der Waals surface area (Å²) in [4.78, 5) is 34.6. The van der Waals surface area contributed by atoms with Crippen LogP contribution in [0, 0.1) is 13.8 Å². The van der Waals surface area contributed by atoms with Crippen molar-refractivity contribution in [2.24, 2.45) is 0 Å². The molecule has 0 aliphatic carbocycles. The summed E-state index contributed by atoms with van der Waals surface area (Å²) in [5.74, 6) is 0.133. The Morgan fingerprint density at radius 2 is 1.67 bits per heavy atom. The van der Waals surface area contributed by atoms with E-state index in [-0.39, 0.29) is 11.8 Å². The number of carbonyl (C=O) groups excluding carboxylic acids is 2. The van der Waals surface area contributed by atoms with Gasteiger partial charge in [-0.25, -0.2) is 4.98 Å². The lowest BCUT2D eigenvalue weighted by Gasteiger charge is -2.34. The number of amides is 2. The van der Waals surface area contributed by atoms with Crippen molar-refractivity contribution in [3.63, 3.8) is 0 Å². The molecule has 3 heterocycles. The monoisotopic (exact) mass is 421 g/mol. The van der Waals surface area contributed by atoms with E-state index in [1.165, 1.54) is 29.2 Å². The Balaban J connectivity index is 1.45. The normalized spacial score (nSPS) is 14.1. The van der Waals surface area contributed by atoms with Crippen LogP contribution in [-0.4, -0.2) is 52.8 Å². The molecule has 3 aromatic rings. The number of aryl methyl sites for hydroxylation is 2. The molecule has 1 fully saturated rings. The molecule has 4 rings (SSSR count). The maximum absolute atomic E-state index is 13.2. The summed E-state index contributed by atoms with van der Waals surface area (Å²) >= 11 is 1.50. The molecule has 6 nitrogen and oxygen atoms in total. The first-order valence-corrected chi connectivity index (χ1v) is 10.7. The van der Waals surface area contributed by atoms with Crippen LogP contribution in [-0.2, 0) is 0 Å². The van der Waals surface area contributed by atoms with E-state index in [1.54, 1.807) is 34.2 Å². The van der Waals surface area contributed by atoms with Crippen LogP contribution in [0.4, 0.5) is 0 Å². The number of hydrogen-bond acceptors (Lipinski definition) is 5. The van der Waals surface area contributed by atoms with Gasteiger partial charge in [0.05, 0.1) is 11.8 Å². The second-order valence-electron chi connectivity index (χ2n) is 7.27. The number of aromatic nitrogens is 1. The Kier molecular flexibility index (Phi) is 5.90. The van der Waals surface area contributed by atoms with Crippen molar-refractivity contribution in [3.05, 3.63) is 77.4 Å². The lowest BCUT2D eigenvalue weighted by Crippen LogP contribution is -2.50. The van der Waals surface area contributed by atoms with Gasteiger partial charge in [0.1, 0.15) is 5.03 Å². The number of pyridine rings is 1. The third kappa shape index (κ3) is 4.26. The van der Waals surface area contributed by atoms with E-state index < -0.39 is 0 Å². The van der Waals surface area contributed by atoms with Gasteiger partial charge >= 0.3 is 0 Å². The Morgan fingerprint density at radius 1 is 0.933 bits per heavy atom. The second kappa shape index (κ2) is 8.75. The lowest BCUT2D eigenvalue weighted by atomic mass is 10.1. The molecule has 0 radical (unpaired) electrons. The summed E-state index contributed by atoms with van der Waals surface area (Å²) in [6.07, 6.45) is 3.20. The zero-order valence-corrected chi connectivity index (χ0v) is 17.8. The second-order valence-corrected chi connectivity index (χ2v) is 8.33. The molecule has 0 N–H and O–H groups in total. The summed E-state index contributed by atoms with van der Waals surface area (Å²) < 4.78 is 5.20. The smallest absolute Gasteiger partial charge is 0.289 e. The molecule has 1 aliphatic heterocycles. The van der Waals surface area contributed by atoms with Crippen molar-refractivity contribution in [3.8, 4) is 0 Å². The van der Waals surface area contributed by atoms with Gasteiger partial charge in [-0.15, -0.1) is 0 Å². The van der Waals surface area contributed by atoms with Crippen LogP contribution in [0.5, 0.6) is 0 Å². The van der Waals surface area contributed by atoms with Gasteiger partial charge in [0.15, 0.2) is 5.76 Å². The average Bonchev–Trinajstić information content (AvgIpc) is 3.31. The molecular weight excluding hydrogens is 398 g/mol. The van der Waals surface area contributed by atoms with E-state index in [0.717, 1.165) is 4.90 Å². The van der Waals surface area contributed by atoms with E-state index in [1.807, 2.05) is 6.07 Å². The predicted octanol–water partition coefficient (Wildman–Crippen LogP) is 4.04. The van der Waals surface area contributed by atoms with Crippen LogP contribution >= 0.6 is 11.8 Å². The van der Waals surface area contributed by atoms with E-state index in [2.05, 4.69) is 37.0 Å². The molecule has 0 atom stereocenters. The van der Waals surface area contributed by atoms with Gasteiger partial charge in [0.2, 0.25) is 0 Å². The van der Waals surface area contributed by atoms with Crippen LogP contribution < -0.4 is 0 Å². The molecule has 0 bridgehead atoms. The number of carbonyl (C=O) groups is 2. The summed E-state index contributed by atoms with van der Waals surface area (Å²) in [5, 5.41) is 0.694. The number of nitrogens with zero attached hydrogens (tertiary/aromatic N) is 3. The highest BCUT2D eigenvalue weighted by atomic mass is 32.2. The number of furan rings is 1. The zero-order valence-electron chi connectivity index (χ0n) is 17.0. The van der Waals surface area contributed by atoms with E-state index in [0.29, 0.717) is 42.5 Å². The fourth-order valence-corrected chi connectivity index (χ4v) is 4.34. The molecular formula is C23H23N3O3S. The zero-order chi connectivity index (χ0) is 21.1. The predicted molar refractivity (Wildman–Crippen MR) is 115 cm³/mol. The summed E-state index contributed by atoms with van der Waals surface area (Å²) in [7, 11) is 0. The topological polar surface area (TPSA) is 66.7 Å². The van der Waals surface area contributed by atoms with Crippen LogP contribution in [0.15, 0.2) is 69.3 Å². The molecule has 0 saturated carbocycles. The average molecular weight is 422 g/mol. The van der Waals surface area contributed by atoms with Gasteiger partial charge in [-0.3, -0.25) is 9.59 Å². The maximum atomic E-state index is 13.2. The molecule has 1 aromatic carbocycles. The minimum Gasteiger partial charge on any atom is -0.459 e. The van der Waals surface area contributed by atoms with Crippen molar-refractivity contribution in [1.29, 1.82) is 0 Å². The largest absolute Gasteiger partial charge is 0.459 e. The van der Waals surface area contributed by atoms with Crippen LogP contribution in [0.2, 0.25) is 0 Å². The fourth-order valence-electron chi connectivity index (χ4n) is 3.36. The molecule has 30 heavy (non-hydrogen) atoms. The molecule has 1 saturated heterocycles. The number of rotatable bonds is 4. The number of benzene rings is 1. The molecule has 1 aliphatic rings. The molecule has 0 spiro atoms. The molecule has 2 amide bonds. The Hall–Kier alpha value is -3.06. The van der Waals surface area contributed by atoms with E-state index in [4.69, 9.17) is 4.42 Å². The Morgan fingerprint density at radius 3 is 2.33 bits per heavy atom. The summed E-state index contributed by atoms with van der Waals surface area (Å²) in [5.41, 5.74) is 3.03. The minimum atomic E-state index is -0.139. The van der Waals surface area contributed by atoms with Crippen molar-refractivity contribution in [1.82, 2.24) is 14.8 Å². The standard InChI is InChI=1S/C23H23N3O3S/c1-16-7-8-18(15-17(16)2)30-21-19(5-3-9-24-21)22(27)25-10-12-26(13-11-25)23(28)20-6-4-14-29-20/h3-9,14-15H,10-13H2,1-2H3. The van der Waals surface area contributed by atoms with Gasteiger partial charge in [0, 0.05) is 37.3 Å². The lowest BCUT2D eigenvalue weighted by molar-refractivity contribution is 0.0516. The first-order chi connectivity index (χ1) is 14.5. The van der Waals surface area contributed by atoms with Crippen molar-refractivity contribution >= 4 is 23.6 Å². The molecule has 7 heteroatoms. The van der Waals surface area contributed by atoms with Crippen LogP contribution in [0.1, 0.15) is 32.0 Å². The van der Waals surface area contributed by atoms with Crippen molar-refractivity contribution in [2.45, 2.75) is 23.8 Å². The highest BCUT2D eigenvalue weighted by Gasteiger charge is 2.28. The molecule has 2 aromatic heterocycles. The maximum Gasteiger partial charge on any atom is 0.289 e. The van der Waals surface area contributed by atoms with Gasteiger partial charge in [0.25, 0.3) is 11.8 Å². The first kappa shape index (κ1) is 20.2. The van der Waals surface area contributed by atoms with Crippen molar-refractivity contribution < 1.29 is 14.0 Å². The Bertz CT molecular complexity index is 1060. The van der Waals surface area contributed by atoms with Crippen LogP contribution in [0.3, 0.4) is 0 Å². The summed E-state index contributed by atoms with van der Waals surface area (Å²) in [6, 6.07) is 13.2. The van der Waals surface area contributed by atoms with Gasteiger partial charge in [-0.05, 0) is 61.4 Å². The highest BCUT2D eigenvalue weighted by molar-refractivity contribution is 7.99. The Labute approximate surface area is 179 Å². The first-order valence-electron chi connectivity index (χ1n) is 9.85. The number of hydrogen-bond donors (Lipinski definition) is 0. The molecule has 0 unspecified atom stereocenters. The van der Waals surface area contributed by atoms with Crippen LogP contribution in [0.25, 0.3) is 0 Å². The van der Waals surface area contributed by atoms with E-state index in [9.17, 15) is 9.59 Å². The van der Waals surface area contributed by atoms with E-state index >= 15 is 0 Å². The fraction of sp³-hybridized carbons (Fsp3) is 0.261.